The summed E-state index contributed by atoms with van der Waals surface area (Å²) in [5.41, 5.74) is 8.36. The number of ketones is 1. The number of hydrogen-bond donors (Lipinski definition) is 1. The van der Waals surface area contributed by atoms with Crippen molar-refractivity contribution in [2.24, 2.45) is 0 Å². The van der Waals surface area contributed by atoms with Crippen LogP contribution < -0.4 is 5.73 Å². The lowest BCUT2D eigenvalue weighted by Gasteiger charge is -2.04. The first-order valence-corrected chi connectivity index (χ1v) is 7.51. The Kier molecular flexibility index (Phi) is 3.55. The normalized spacial score (nSPS) is 11.0. The SMILES string of the molecule is CCc1oc2ccccc2c1C(=O)c1ccc(Br)c(N)c1. The maximum Gasteiger partial charge on any atom is 0.197 e. The Bertz CT molecular complexity index is 836. The Morgan fingerprint density at radius 1 is 1.24 bits per heavy atom. The molecule has 3 nitrogen and oxygen atoms in total. The number of nitrogens with two attached hydrogens (primary N) is 1. The number of nitrogen functional groups attached to an aromatic ring is 1. The molecule has 3 rings (SSSR count). The number of furan rings is 1. The molecule has 1 heterocycles. The number of aryl methyl sites for hydroxylation is 1. The monoisotopic (exact) mass is 343 g/mol. The minimum absolute atomic E-state index is 0.0593. The van der Waals surface area contributed by atoms with Crippen LogP contribution in [0.4, 0.5) is 5.69 Å². The molecular weight excluding hydrogens is 330 g/mol. The van der Waals surface area contributed by atoms with Gasteiger partial charge in [-0.05, 0) is 40.2 Å². The first kappa shape index (κ1) is 13.9. The van der Waals surface area contributed by atoms with Crippen molar-refractivity contribution in [3.8, 4) is 0 Å². The van der Waals surface area contributed by atoms with Gasteiger partial charge in [0.1, 0.15) is 11.3 Å². The lowest BCUT2D eigenvalue weighted by Crippen LogP contribution is -2.04. The van der Waals surface area contributed by atoms with Gasteiger partial charge in [-0.15, -0.1) is 0 Å². The molecule has 106 valence electrons. The molecule has 0 amide bonds. The van der Waals surface area contributed by atoms with Gasteiger partial charge in [0.15, 0.2) is 5.78 Å². The third kappa shape index (κ3) is 2.36. The zero-order valence-corrected chi connectivity index (χ0v) is 13.1. The number of anilines is 1. The molecule has 0 aliphatic carbocycles. The molecule has 0 fully saturated rings. The van der Waals surface area contributed by atoms with Crippen molar-refractivity contribution in [2.75, 3.05) is 5.73 Å². The highest BCUT2D eigenvalue weighted by Gasteiger charge is 2.21. The van der Waals surface area contributed by atoms with Gasteiger partial charge in [0.25, 0.3) is 0 Å². The predicted octanol–water partition coefficient (Wildman–Crippen LogP) is 4.57. The molecule has 1 aromatic heterocycles. The number of carbonyl (C=O) groups is 1. The second-order valence-electron chi connectivity index (χ2n) is 4.82. The van der Waals surface area contributed by atoms with Crippen LogP contribution in [0.1, 0.15) is 28.6 Å². The highest BCUT2D eigenvalue weighted by atomic mass is 79.9. The van der Waals surface area contributed by atoms with Crippen molar-refractivity contribution in [3.63, 3.8) is 0 Å². The van der Waals surface area contributed by atoms with Crippen LogP contribution in [0.15, 0.2) is 51.4 Å². The van der Waals surface area contributed by atoms with Crippen LogP contribution in [0.25, 0.3) is 11.0 Å². The van der Waals surface area contributed by atoms with Crippen LogP contribution in [0, 0.1) is 0 Å². The lowest BCUT2D eigenvalue weighted by molar-refractivity contribution is 0.103. The fourth-order valence-corrected chi connectivity index (χ4v) is 2.67. The highest BCUT2D eigenvalue weighted by Crippen LogP contribution is 2.30. The smallest absolute Gasteiger partial charge is 0.197 e. The van der Waals surface area contributed by atoms with E-state index >= 15 is 0 Å². The van der Waals surface area contributed by atoms with E-state index in [-0.39, 0.29) is 5.78 Å². The first-order chi connectivity index (χ1) is 10.1. The summed E-state index contributed by atoms with van der Waals surface area (Å²) in [5, 5.41) is 0.848. The van der Waals surface area contributed by atoms with Crippen LogP contribution in [0.2, 0.25) is 0 Å². The van der Waals surface area contributed by atoms with E-state index in [1.807, 2.05) is 31.2 Å². The molecule has 2 N–H and O–H groups in total. The van der Waals surface area contributed by atoms with E-state index in [0.29, 0.717) is 29.0 Å². The number of hydrogen-bond acceptors (Lipinski definition) is 3. The van der Waals surface area contributed by atoms with Crippen molar-refractivity contribution in [3.05, 3.63) is 63.8 Å². The summed E-state index contributed by atoms with van der Waals surface area (Å²) in [7, 11) is 0. The minimum Gasteiger partial charge on any atom is -0.460 e. The summed E-state index contributed by atoms with van der Waals surface area (Å²) in [6.07, 6.45) is 0.668. The van der Waals surface area contributed by atoms with Gasteiger partial charge in [-0.2, -0.15) is 0 Å². The molecule has 4 heteroatoms. The van der Waals surface area contributed by atoms with Gasteiger partial charge < -0.3 is 10.2 Å². The van der Waals surface area contributed by atoms with Gasteiger partial charge >= 0.3 is 0 Å². The fourth-order valence-electron chi connectivity index (χ4n) is 2.42. The average Bonchev–Trinajstić information content (AvgIpc) is 2.87. The van der Waals surface area contributed by atoms with Gasteiger partial charge in [-0.25, -0.2) is 0 Å². The maximum atomic E-state index is 12.8. The van der Waals surface area contributed by atoms with Crippen molar-refractivity contribution in [2.45, 2.75) is 13.3 Å². The van der Waals surface area contributed by atoms with Crippen molar-refractivity contribution in [1.82, 2.24) is 0 Å². The van der Waals surface area contributed by atoms with Gasteiger partial charge in [0.2, 0.25) is 0 Å². The predicted molar refractivity (Wildman–Crippen MR) is 87.6 cm³/mol. The summed E-state index contributed by atoms with van der Waals surface area (Å²) >= 11 is 3.34. The van der Waals surface area contributed by atoms with Crippen LogP contribution >= 0.6 is 15.9 Å². The second-order valence-corrected chi connectivity index (χ2v) is 5.67. The number of halogens is 1. The zero-order chi connectivity index (χ0) is 15.0. The zero-order valence-electron chi connectivity index (χ0n) is 11.5. The summed E-state index contributed by atoms with van der Waals surface area (Å²) < 4.78 is 6.57. The summed E-state index contributed by atoms with van der Waals surface area (Å²) in [6, 6.07) is 12.8. The van der Waals surface area contributed by atoms with E-state index in [1.54, 1.807) is 18.2 Å². The molecule has 0 spiro atoms. The maximum absolute atomic E-state index is 12.8. The number of carbonyl (C=O) groups excluding carboxylic acids is 1. The number of benzene rings is 2. The summed E-state index contributed by atoms with van der Waals surface area (Å²) in [5.74, 6) is 0.652. The molecule has 0 unspecified atom stereocenters. The molecule has 3 aromatic rings. The topological polar surface area (TPSA) is 56.2 Å². The molecular formula is C17H14BrNO2. The van der Waals surface area contributed by atoms with Gasteiger partial charge in [-0.3, -0.25) is 4.79 Å². The molecule has 0 bridgehead atoms. The lowest BCUT2D eigenvalue weighted by atomic mass is 9.99. The Hall–Kier alpha value is -2.07. The van der Waals surface area contributed by atoms with Gasteiger partial charge in [-0.1, -0.05) is 25.1 Å². The van der Waals surface area contributed by atoms with E-state index in [4.69, 9.17) is 10.2 Å². The molecule has 0 aliphatic heterocycles. The fraction of sp³-hybridized carbons (Fsp3) is 0.118. The number of fused-ring (bicyclic) bond motifs is 1. The van der Waals surface area contributed by atoms with E-state index < -0.39 is 0 Å². The third-order valence-electron chi connectivity index (χ3n) is 3.47. The van der Waals surface area contributed by atoms with E-state index in [0.717, 1.165) is 15.4 Å². The Morgan fingerprint density at radius 2 is 2.00 bits per heavy atom. The molecule has 0 atom stereocenters. The van der Waals surface area contributed by atoms with Crippen molar-refractivity contribution >= 4 is 38.4 Å². The largest absolute Gasteiger partial charge is 0.460 e. The number of rotatable bonds is 3. The molecule has 2 aromatic carbocycles. The molecule has 0 aliphatic rings. The molecule has 21 heavy (non-hydrogen) atoms. The van der Waals surface area contributed by atoms with Crippen LogP contribution in [0.5, 0.6) is 0 Å². The Balaban J connectivity index is 2.18. The van der Waals surface area contributed by atoms with E-state index in [9.17, 15) is 4.79 Å². The standard InChI is InChI=1S/C17H14BrNO2/c1-2-14-16(11-5-3-4-6-15(11)21-14)17(20)10-7-8-12(18)13(19)9-10/h3-9H,2,19H2,1H3. The molecule has 0 saturated carbocycles. The molecule has 0 saturated heterocycles. The van der Waals surface area contributed by atoms with Crippen LogP contribution in [0.3, 0.4) is 0 Å². The van der Waals surface area contributed by atoms with E-state index in [1.165, 1.54) is 0 Å². The summed E-state index contributed by atoms with van der Waals surface area (Å²) in [6.45, 7) is 1.98. The third-order valence-corrected chi connectivity index (χ3v) is 4.20. The average molecular weight is 344 g/mol. The second kappa shape index (κ2) is 5.37. The van der Waals surface area contributed by atoms with Gasteiger partial charge in [0, 0.05) is 27.5 Å². The first-order valence-electron chi connectivity index (χ1n) is 6.72. The number of para-hydroxylation sites is 1. The van der Waals surface area contributed by atoms with Gasteiger partial charge in [0.05, 0.1) is 5.56 Å². The Morgan fingerprint density at radius 3 is 2.71 bits per heavy atom. The van der Waals surface area contributed by atoms with Crippen LogP contribution in [-0.4, -0.2) is 5.78 Å². The molecule has 0 radical (unpaired) electrons. The van der Waals surface area contributed by atoms with E-state index in [2.05, 4.69) is 15.9 Å². The van der Waals surface area contributed by atoms with Crippen LogP contribution in [-0.2, 0) is 6.42 Å². The minimum atomic E-state index is -0.0593. The highest BCUT2D eigenvalue weighted by molar-refractivity contribution is 9.10. The summed E-state index contributed by atoms with van der Waals surface area (Å²) in [4.78, 5) is 12.8. The Labute approximate surface area is 130 Å². The van der Waals surface area contributed by atoms with Crippen molar-refractivity contribution in [1.29, 1.82) is 0 Å². The quantitative estimate of drug-likeness (QED) is 0.559. The van der Waals surface area contributed by atoms with Crippen molar-refractivity contribution < 1.29 is 9.21 Å².